The van der Waals surface area contributed by atoms with Crippen LogP contribution in [0, 0.1) is 6.92 Å². The van der Waals surface area contributed by atoms with E-state index in [2.05, 4.69) is 9.97 Å². The molecule has 0 unspecified atom stereocenters. The van der Waals surface area contributed by atoms with Gasteiger partial charge in [0.05, 0.1) is 11.4 Å². The minimum Gasteiger partial charge on any atom is -0.384 e. The van der Waals surface area contributed by atoms with Gasteiger partial charge in [0, 0.05) is 29.2 Å². The Labute approximate surface area is 133 Å². The van der Waals surface area contributed by atoms with Crippen LogP contribution in [0.4, 0.5) is 5.82 Å². The second-order valence-electron chi connectivity index (χ2n) is 5.38. The first-order valence-electron chi connectivity index (χ1n) is 7.35. The standard InChI is InChI=1S/C18H15N5/c1-12-11-14(7-9-20-12)17-16(13-5-3-2-4-6-13)22-18-21-15(19)8-10-23(17)18/h2-11H,1H3,(H2,19,21,22). The Balaban J connectivity index is 2.07. The lowest BCUT2D eigenvalue weighted by Crippen LogP contribution is -1.96. The normalized spacial score (nSPS) is 11.0. The monoisotopic (exact) mass is 301 g/mol. The lowest BCUT2D eigenvalue weighted by molar-refractivity contribution is 1.11. The molecule has 4 rings (SSSR count). The molecule has 0 bridgehead atoms. The van der Waals surface area contributed by atoms with E-state index in [0.717, 1.165) is 28.2 Å². The fourth-order valence-electron chi connectivity index (χ4n) is 2.71. The number of aryl methyl sites for hydroxylation is 1. The van der Waals surface area contributed by atoms with Gasteiger partial charge >= 0.3 is 0 Å². The van der Waals surface area contributed by atoms with Crippen molar-refractivity contribution in [1.29, 1.82) is 0 Å². The number of nitrogens with zero attached hydrogens (tertiary/aromatic N) is 4. The van der Waals surface area contributed by atoms with E-state index in [9.17, 15) is 0 Å². The molecule has 23 heavy (non-hydrogen) atoms. The van der Waals surface area contributed by atoms with Crippen molar-refractivity contribution in [2.45, 2.75) is 6.92 Å². The summed E-state index contributed by atoms with van der Waals surface area (Å²) in [5.41, 5.74) is 10.7. The van der Waals surface area contributed by atoms with Crippen LogP contribution in [0.3, 0.4) is 0 Å². The summed E-state index contributed by atoms with van der Waals surface area (Å²) in [7, 11) is 0. The van der Waals surface area contributed by atoms with Gasteiger partial charge in [-0.25, -0.2) is 4.98 Å². The van der Waals surface area contributed by atoms with Crippen molar-refractivity contribution in [3.8, 4) is 22.5 Å². The largest absolute Gasteiger partial charge is 0.384 e. The average Bonchev–Trinajstić information content (AvgIpc) is 2.94. The second kappa shape index (κ2) is 5.21. The van der Waals surface area contributed by atoms with Crippen LogP contribution in [0.5, 0.6) is 0 Å². The first kappa shape index (κ1) is 13.5. The first-order valence-corrected chi connectivity index (χ1v) is 7.35. The molecule has 0 aliphatic heterocycles. The van der Waals surface area contributed by atoms with Gasteiger partial charge in [-0.05, 0) is 25.1 Å². The van der Waals surface area contributed by atoms with Crippen LogP contribution in [-0.2, 0) is 0 Å². The van der Waals surface area contributed by atoms with Crippen molar-refractivity contribution in [3.05, 3.63) is 66.6 Å². The van der Waals surface area contributed by atoms with Gasteiger partial charge in [-0.2, -0.15) is 4.98 Å². The van der Waals surface area contributed by atoms with E-state index in [1.807, 2.05) is 66.2 Å². The third kappa shape index (κ3) is 2.32. The number of nitrogen functional groups attached to an aromatic ring is 1. The molecule has 5 heteroatoms. The second-order valence-corrected chi connectivity index (χ2v) is 5.38. The molecule has 0 amide bonds. The summed E-state index contributed by atoms with van der Waals surface area (Å²) < 4.78 is 1.97. The van der Waals surface area contributed by atoms with Gasteiger partial charge in [0.1, 0.15) is 5.82 Å². The minimum atomic E-state index is 0.458. The van der Waals surface area contributed by atoms with E-state index in [1.165, 1.54) is 0 Å². The zero-order valence-corrected chi connectivity index (χ0v) is 12.6. The first-order chi connectivity index (χ1) is 11.2. The summed E-state index contributed by atoms with van der Waals surface area (Å²) in [6, 6.07) is 15.9. The number of rotatable bonds is 2. The number of imidazole rings is 1. The fraction of sp³-hybridized carbons (Fsp3) is 0.0556. The van der Waals surface area contributed by atoms with Gasteiger partial charge in [0.25, 0.3) is 0 Å². The number of fused-ring (bicyclic) bond motifs is 1. The molecule has 0 radical (unpaired) electrons. The molecule has 3 aromatic heterocycles. The van der Waals surface area contributed by atoms with Gasteiger partial charge < -0.3 is 5.73 Å². The fourth-order valence-corrected chi connectivity index (χ4v) is 2.71. The molecule has 4 aromatic rings. The lowest BCUT2D eigenvalue weighted by atomic mass is 10.1. The van der Waals surface area contributed by atoms with Crippen LogP contribution in [0.2, 0.25) is 0 Å². The highest BCUT2D eigenvalue weighted by Gasteiger charge is 2.16. The molecule has 0 atom stereocenters. The molecule has 0 saturated heterocycles. The van der Waals surface area contributed by atoms with Crippen LogP contribution >= 0.6 is 0 Å². The van der Waals surface area contributed by atoms with Crippen LogP contribution in [-0.4, -0.2) is 19.4 Å². The summed E-state index contributed by atoms with van der Waals surface area (Å²) in [5, 5.41) is 0. The van der Waals surface area contributed by atoms with Gasteiger partial charge in [-0.1, -0.05) is 30.3 Å². The van der Waals surface area contributed by atoms with Crippen LogP contribution in [0.25, 0.3) is 28.3 Å². The van der Waals surface area contributed by atoms with Crippen molar-refractivity contribution in [2.75, 3.05) is 5.73 Å². The van der Waals surface area contributed by atoms with E-state index < -0.39 is 0 Å². The maximum Gasteiger partial charge on any atom is 0.236 e. The van der Waals surface area contributed by atoms with Gasteiger partial charge in [0.15, 0.2) is 0 Å². The SMILES string of the molecule is Cc1cc(-c2c(-c3ccccc3)nc3nc(N)ccn23)ccn1. The summed E-state index contributed by atoms with van der Waals surface area (Å²) in [5.74, 6) is 1.05. The number of hydrogen-bond donors (Lipinski definition) is 1. The molecule has 0 saturated carbocycles. The molecular weight excluding hydrogens is 286 g/mol. The van der Waals surface area contributed by atoms with Crippen molar-refractivity contribution in [3.63, 3.8) is 0 Å². The molecule has 0 fully saturated rings. The van der Waals surface area contributed by atoms with Gasteiger partial charge in [-0.15, -0.1) is 0 Å². The Hall–Kier alpha value is -3.21. The smallest absolute Gasteiger partial charge is 0.236 e. The molecule has 0 aliphatic carbocycles. The molecule has 3 heterocycles. The van der Waals surface area contributed by atoms with Crippen molar-refractivity contribution >= 4 is 11.6 Å². The molecule has 5 nitrogen and oxygen atoms in total. The topological polar surface area (TPSA) is 69.1 Å². The number of nitrogens with two attached hydrogens (primary N) is 1. The van der Waals surface area contributed by atoms with Crippen LogP contribution < -0.4 is 5.73 Å². The maximum atomic E-state index is 5.81. The zero-order valence-electron chi connectivity index (χ0n) is 12.6. The third-order valence-electron chi connectivity index (χ3n) is 3.73. The molecule has 0 aliphatic rings. The molecule has 112 valence electrons. The summed E-state index contributed by atoms with van der Waals surface area (Å²) in [6.07, 6.45) is 3.71. The summed E-state index contributed by atoms with van der Waals surface area (Å²) >= 11 is 0. The number of hydrogen-bond acceptors (Lipinski definition) is 4. The Kier molecular flexibility index (Phi) is 3.05. The van der Waals surface area contributed by atoms with E-state index >= 15 is 0 Å². The van der Waals surface area contributed by atoms with Crippen molar-refractivity contribution in [2.24, 2.45) is 0 Å². The Morgan fingerprint density at radius 3 is 2.57 bits per heavy atom. The highest BCUT2D eigenvalue weighted by atomic mass is 15.1. The quantitative estimate of drug-likeness (QED) is 0.616. The Bertz CT molecular complexity index is 989. The highest BCUT2D eigenvalue weighted by molar-refractivity contribution is 5.81. The molecule has 2 N–H and O–H groups in total. The predicted octanol–water partition coefficient (Wildman–Crippen LogP) is 3.35. The van der Waals surface area contributed by atoms with E-state index in [0.29, 0.717) is 11.6 Å². The van der Waals surface area contributed by atoms with Crippen LogP contribution in [0.15, 0.2) is 60.9 Å². The van der Waals surface area contributed by atoms with Gasteiger partial charge in [-0.3, -0.25) is 9.38 Å². The number of pyridine rings is 1. The Morgan fingerprint density at radius 1 is 0.957 bits per heavy atom. The number of anilines is 1. The van der Waals surface area contributed by atoms with E-state index in [-0.39, 0.29) is 0 Å². The summed E-state index contributed by atoms with van der Waals surface area (Å²) in [4.78, 5) is 13.3. The maximum absolute atomic E-state index is 5.81. The van der Waals surface area contributed by atoms with Crippen LogP contribution in [0.1, 0.15) is 5.69 Å². The third-order valence-corrected chi connectivity index (χ3v) is 3.73. The van der Waals surface area contributed by atoms with Crippen molar-refractivity contribution in [1.82, 2.24) is 19.4 Å². The van der Waals surface area contributed by atoms with Crippen molar-refractivity contribution < 1.29 is 0 Å². The minimum absolute atomic E-state index is 0.458. The molecular formula is C18H15N5. The highest BCUT2D eigenvalue weighted by Crippen LogP contribution is 2.32. The predicted molar refractivity (Wildman–Crippen MR) is 90.8 cm³/mol. The molecule has 0 spiro atoms. The summed E-state index contributed by atoms with van der Waals surface area (Å²) in [6.45, 7) is 1.98. The number of benzene rings is 1. The lowest BCUT2D eigenvalue weighted by Gasteiger charge is -2.06. The number of aromatic nitrogens is 4. The van der Waals surface area contributed by atoms with E-state index in [1.54, 1.807) is 6.07 Å². The zero-order chi connectivity index (χ0) is 15.8. The van der Waals surface area contributed by atoms with E-state index in [4.69, 9.17) is 10.7 Å². The average molecular weight is 301 g/mol. The molecule has 1 aromatic carbocycles. The Morgan fingerprint density at radius 2 is 1.78 bits per heavy atom. The van der Waals surface area contributed by atoms with Gasteiger partial charge in [0.2, 0.25) is 5.78 Å².